The van der Waals surface area contributed by atoms with Gasteiger partial charge in [0.1, 0.15) is 16.7 Å². The van der Waals surface area contributed by atoms with E-state index in [1.807, 2.05) is 72.8 Å². The quantitative estimate of drug-likeness (QED) is 0.282. The van der Waals surface area contributed by atoms with Gasteiger partial charge in [-0.3, -0.25) is 14.5 Å². The van der Waals surface area contributed by atoms with Gasteiger partial charge in [-0.1, -0.05) is 86.1 Å². The Kier molecular flexibility index (Phi) is 7.88. The van der Waals surface area contributed by atoms with Crippen molar-refractivity contribution >= 4 is 61.1 Å². The summed E-state index contributed by atoms with van der Waals surface area (Å²) in [5.74, 6) is -0.669. The number of nitriles is 1. The van der Waals surface area contributed by atoms with Crippen LogP contribution in [0, 0.1) is 11.3 Å². The minimum atomic E-state index is -0.508. The molecule has 1 aliphatic rings. The average molecular weight is 597 g/mol. The maximum atomic E-state index is 13.5. The Hall–Kier alpha value is -2.86. The Morgan fingerprint density at radius 3 is 2.35 bits per heavy atom. The lowest BCUT2D eigenvalue weighted by Gasteiger charge is -2.19. The molecule has 1 saturated heterocycles. The summed E-state index contributed by atoms with van der Waals surface area (Å²) in [7, 11) is 0. The van der Waals surface area contributed by atoms with Crippen molar-refractivity contribution in [1.29, 1.82) is 5.26 Å². The first-order valence-electron chi connectivity index (χ1n) is 10.4. The van der Waals surface area contributed by atoms with E-state index < -0.39 is 11.2 Å². The summed E-state index contributed by atoms with van der Waals surface area (Å²) in [6.07, 6.45) is 0.476. The molecule has 3 aromatic rings. The van der Waals surface area contributed by atoms with Crippen molar-refractivity contribution in [3.63, 3.8) is 0 Å². The van der Waals surface area contributed by atoms with E-state index in [9.17, 15) is 14.9 Å². The zero-order valence-electron chi connectivity index (χ0n) is 17.9. The largest absolute Gasteiger partial charge is 0.347 e. The van der Waals surface area contributed by atoms with Crippen molar-refractivity contribution in [2.75, 3.05) is 4.90 Å². The number of rotatable bonds is 6. The minimum absolute atomic E-state index is 0.0751. The molecule has 1 fully saturated rings. The number of hydrogen-bond acceptors (Lipinski definition) is 4. The number of benzene rings is 3. The molecule has 5 nitrogen and oxygen atoms in total. The van der Waals surface area contributed by atoms with Crippen LogP contribution >= 0.6 is 43.6 Å². The minimum Gasteiger partial charge on any atom is -0.347 e. The van der Waals surface area contributed by atoms with E-state index in [0.29, 0.717) is 17.1 Å². The van der Waals surface area contributed by atoms with Gasteiger partial charge in [0.15, 0.2) is 0 Å². The second kappa shape index (κ2) is 11.0. The SMILES string of the molecule is N#C/C(C(=O)NCc1ccccc1)=C1/SC(Cc2cccc(Br)c2)C(=O)N1c1ccc(Br)cc1. The van der Waals surface area contributed by atoms with Crippen LogP contribution in [0.4, 0.5) is 5.69 Å². The third-order valence-corrected chi connectivity index (χ3v) is 7.48. The lowest BCUT2D eigenvalue weighted by atomic mass is 10.1. The summed E-state index contributed by atoms with van der Waals surface area (Å²) in [5.41, 5.74) is 2.44. The molecule has 0 bridgehead atoms. The van der Waals surface area contributed by atoms with Gasteiger partial charge in [-0.25, -0.2) is 0 Å². The zero-order valence-corrected chi connectivity index (χ0v) is 21.9. The highest BCUT2D eigenvalue weighted by Crippen LogP contribution is 2.42. The maximum absolute atomic E-state index is 13.5. The summed E-state index contributed by atoms with van der Waals surface area (Å²) < 4.78 is 1.80. The number of anilines is 1. The van der Waals surface area contributed by atoms with Gasteiger partial charge < -0.3 is 5.32 Å². The smallest absolute Gasteiger partial charge is 0.264 e. The monoisotopic (exact) mass is 595 g/mol. The summed E-state index contributed by atoms with van der Waals surface area (Å²) in [6, 6.07) is 26.5. The molecular weight excluding hydrogens is 578 g/mol. The Labute approximate surface area is 219 Å². The number of amides is 2. The maximum Gasteiger partial charge on any atom is 0.264 e. The average Bonchev–Trinajstić information content (AvgIpc) is 3.15. The molecule has 1 heterocycles. The molecule has 0 aromatic heterocycles. The number of thioether (sulfide) groups is 1. The number of nitrogens with one attached hydrogen (secondary N) is 1. The molecule has 170 valence electrons. The van der Waals surface area contributed by atoms with Gasteiger partial charge in [-0.15, -0.1) is 0 Å². The first-order chi connectivity index (χ1) is 16.5. The second-order valence-electron chi connectivity index (χ2n) is 7.55. The molecule has 0 saturated carbocycles. The number of carbonyl (C=O) groups is 2. The van der Waals surface area contributed by atoms with E-state index in [4.69, 9.17) is 0 Å². The fourth-order valence-corrected chi connectivity index (χ4v) is 5.58. The third kappa shape index (κ3) is 5.61. The normalized spacial score (nSPS) is 16.8. The Bertz CT molecular complexity index is 1290. The molecule has 0 radical (unpaired) electrons. The van der Waals surface area contributed by atoms with Crippen molar-refractivity contribution in [1.82, 2.24) is 5.32 Å². The van der Waals surface area contributed by atoms with E-state index in [2.05, 4.69) is 37.2 Å². The van der Waals surface area contributed by atoms with Crippen LogP contribution in [-0.2, 0) is 22.6 Å². The van der Waals surface area contributed by atoms with Crippen molar-refractivity contribution < 1.29 is 9.59 Å². The highest BCUT2D eigenvalue weighted by Gasteiger charge is 2.40. The lowest BCUT2D eigenvalue weighted by molar-refractivity contribution is -0.117. The lowest BCUT2D eigenvalue weighted by Crippen LogP contribution is -2.32. The molecule has 4 rings (SSSR count). The zero-order chi connectivity index (χ0) is 24.1. The van der Waals surface area contributed by atoms with Gasteiger partial charge in [-0.05, 0) is 53.9 Å². The number of nitrogens with zero attached hydrogens (tertiary/aromatic N) is 2. The van der Waals surface area contributed by atoms with Crippen molar-refractivity contribution in [2.45, 2.75) is 18.2 Å². The van der Waals surface area contributed by atoms with E-state index in [-0.39, 0.29) is 18.0 Å². The fourth-order valence-electron chi connectivity index (χ4n) is 3.56. The summed E-state index contributed by atoms with van der Waals surface area (Å²) in [6.45, 7) is 0.288. The van der Waals surface area contributed by atoms with E-state index in [0.717, 1.165) is 20.1 Å². The van der Waals surface area contributed by atoms with Crippen molar-refractivity contribution in [3.05, 3.63) is 110 Å². The molecule has 1 aliphatic heterocycles. The molecule has 2 amide bonds. The van der Waals surface area contributed by atoms with Crippen LogP contribution in [0.5, 0.6) is 0 Å². The van der Waals surface area contributed by atoms with Gasteiger partial charge in [0.25, 0.3) is 5.91 Å². The van der Waals surface area contributed by atoms with Gasteiger partial charge >= 0.3 is 0 Å². The van der Waals surface area contributed by atoms with Gasteiger partial charge in [0.2, 0.25) is 5.91 Å². The number of carbonyl (C=O) groups excluding carboxylic acids is 2. The fraction of sp³-hybridized carbons (Fsp3) is 0.115. The molecule has 34 heavy (non-hydrogen) atoms. The number of halogens is 2. The van der Waals surface area contributed by atoms with Gasteiger partial charge in [0, 0.05) is 21.2 Å². The highest BCUT2D eigenvalue weighted by molar-refractivity contribution is 9.10. The third-order valence-electron chi connectivity index (χ3n) is 5.20. The van der Waals surface area contributed by atoms with Crippen LogP contribution in [0.25, 0.3) is 0 Å². The highest BCUT2D eigenvalue weighted by atomic mass is 79.9. The van der Waals surface area contributed by atoms with Crippen molar-refractivity contribution in [3.8, 4) is 6.07 Å². The van der Waals surface area contributed by atoms with E-state index >= 15 is 0 Å². The molecule has 1 unspecified atom stereocenters. The van der Waals surface area contributed by atoms with E-state index in [1.165, 1.54) is 16.7 Å². The van der Waals surface area contributed by atoms with Gasteiger partial charge in [-0.2, -0.15) is 5.26 Å². The molecule has 8 heteroatoms. The van der Waals surface area contributed by atoms with Crippen molar-refractivity contribution in [2.24, 2.45) is 0 Å². The van der Waals surface area contributed by atoms with E-state index in [1.54, 1.807) is 12.1 Å². The Balaban J connectivity index is 1.67. The Morgan fingerprint density at radius 1 is 0.971 bits per heavy atom. The predicted octanol–water partition coefficient (Wildman–Crippen LogP) is 5.95. The molecular formula is C26H19Br2N3O2S. The number of hydrogen-bond donors (Lipinski definition) is 1. The van der Waals surface area contributed by atoms with Crippen LogP contribution in [0.3, 0.4) is 0 Å². The van der Waals surface area contributed by atoms with Gasteiger partial charge in [0.05, 0.1) is 5.25 Å². The van der Waals surface area contributed by atoms with Crippen LogP contribution in [0.1, 0.15) is 11.1 Å². The first kappa shape index (κ1) is 24.3. The van der Waals surface area contributed by atoms with Crippen LogP contribution in [0.15, 0.2) is 98.4 Å². The summed E-state index contributed by atoms with van der Waals surface area (Å²) in [5, 5.41) is 12.6. The molecule has 1 atom stereocenters. The molecule has 0 aliphatic carbocycles. The molecule has 1 N–H and O–H groups in total. The van der Waals surface area contributed by atoms with Crippen LogP contribution in [-0.4, -0.2) is 17.1 Å². The molecule has 0 spiro atoms. The first-order valence-corrected chi connectivity index (χ1v) is 12.9. The molecule has 3 aromatic carbocycles. The second-order valence-corrected chi connectivity index (χ2v) is 10.6. The standard InChI is InChI=1S/C26H19Br2N3O2S/c27-19-9-11-21(12-10-19)31-25(33)23(14-18-7-4-8-20(28)13-18)34-26(31)22(15-29)24(32)30-16-17-5-2-1-3-6-17/h1-13,23H,14,16H2,(H,30,32)/b26-22-. The van der Waals surface area contributed by atoms with Crippen LogP contribution < -0.4 is 10.2 Å². The topological polar surface area (TPSA) is 73.2 Å². The predicted molar refractivity (Wildman–Crippen MR) is 142 cm³/mol. The van der Waals surface area contributed by atoms with Crippen LogP contribution in [0.2, 0.25) is 0 Å². The summed E-state index contributed by atoms with van der Waals surface area (Å²) >= 11 is 8.14. The Morgan fingerprint density at radius 2 is 1.68 bits per heavy atom. The summed E-state index contributed by atoms with van der Waals surface area (Å²) in [4.78, 5) is 28.0.